The highest BCUT2D eigenvalue weighted by Gasteiger charge is 2.06. The fourth-order valence-electron chi connectivity index (χ4n) is 1.75. The number of rotatable bonds is 6. The molecule has 0 spiro atoms. The van der Waals surface area contributed by atoms with Gasteiger partial charge in [-0.25, -0.2) is 0 Å². The van der Waals surface area contributed by atoms with E-state index in [-0.39, 0.29) is 5.91 Å². The summed E-state index contributed by atoms with van der Waals surface area (Å²) >= 11 is 0. The zero-order valence-electron chi connectivity index (χ0n) is 11.9. The molecule has 3 heteroatoms. The van der Waals surface area contributed by atoms with Gasteiger partial charge in [-0.1, -0.05) is 29.8 Å². The molecule has 3 nitrogen and oxygen atoms in total. The summed E-state index contributed by atoms with van der Waals surface area (Å²) in [6, 6.07) is 8.89. The maximum atomic E-state index is 11.4. The number of carbonyl (C=O) groups excluding carboxylic acids is 1. The first-order chi connectivity index (χ1) is 8.50. The zero-order valence-corrected chi connectivity index (χ0v) is 11.9. The van der Waals surface area contributed by atoms with Crippen LogP contribution in [0.4, 0.5) is 0 Å². The molecule has 1 aromatic rings. The fraction of sp³-hybridized carbons (Fsp3) is 0.533. The lowest BCUT2D eigenvalue weighted by Crippen LogP contribution is -2.24. The summed E-state index contributed by atoms with van der Waals surface area (Å²) in [4.78, 5) is 13.0. The lowest BCUT2D eigenvalue weighted by atomic mass is 10.1. The highest BCUT2D eigenvalue weighted by molar-refractivity contribution is 5.75. The number of amides is 1. The summed E-state index contributed by atoms with van der Waals surface area (Å²) in [5, 5.41) is 3.44. The Balaban J connectivity index is 2.27. The van der Waals surface area contributed by atoms with E-state index in [1.54, 1.807) is 19.0 Å². The van der Waals surface area contributed by atoms with Crippen LogP contribution in [0.25, 0.3) is 0 Å². The van der Waals surface area contributed by atoms with E-state index in [0.29, 0.717) is 12.5 Å². The number of benzene rings is 1. The van der Waals surface area contributed by atoms with Crippen molar-refractivity contribution in [2.75, 3.05) is 20.6 Å². The number of hydrogen-bond donors (Lipinski definition) is 1. The molecular formula is C15H24N2O. The van der Waals surface area contributed by atoms with E-state index in [0.717, 1.165) is 13.0 Å². The molecule has 0 aromatic heterocycles. The highest BCUT2D eigenvalue weighted by Crippen LogP contribution is 2.12. The molecule has 100 valence electrons. The molecule has 1 rings (SSSR count). The van der Waals surface area contributed by atoms with Crippen molar-refractivity contribution in [1.29, 1.82) is 0 Å². The maximum Gasteiger partial charge on any atom is 0.222 e. The third-order valence-corrected chi connectivity index (χ3v) is 3.09. The summed E-state index contributed by atoms with van der Waals surface area (Å²) in [6.45, 7) is 5.11. The van der Waals surface area contributed by atoms with Crippen molar-refractivity contribution in [1.82, 2.24) is 10.2 Å². The number of hydrogen-bond acceptors (Lipinski definition) is 2. The Kier molecular flexibility index (Phi) is 5.86. The van der Waals surface area contributed by atoms with E-state index in [1.165, 1.54) is 11.1 Å². The van der Waals surface area contributed by atoms with E-state index in [2.05, 4.69) is 43.4 Å². The van der Waals surface area contributed by atoms with Gasteiger partial charge in [0.2, 0.25) is 5.91 Å². The monoisotopic (exact) mass is 248 g/mol. The minimum atomic E-state index is 0.194. The summed E-state index contributed by atoms with van der Waals surface area (Å²) in [7, 11) is 3.59. The second-order valence-corrected chi connectivity index (χ2v) is 4.98. The maximum absolute atomic E-state index is 11.4. The Hall–Kier alpha value is -1.35. The van der Waals surface area contributed by atoms with Gasteiger partial charge in [0.15, 0.2) is 0 Å². The van der Waals surface area contributed by atoms with Crippen molar-refractivity contribution in [3.63, 3.8) is 0 Å². The molecule has 0 aliphatic carbocycles. The Morgan fingerprint density at radius 2 is 1.89 bits per heavy atom. The van der Waals surface area contributed by atoms with Crippen molar-refractivity contribution in [2.24, 2.45) is 0 Å². The minimum Gasteiger partial charge on any atom is -0.349 e. The molecule has 0 heterocycles. The van der Waals surface area contributed by atoms with Gasteiger partial charge in [0.25, 0.3) is 0 Å². The third-order valence-electron chi connectivity index (χ3n) is 3.09. The van der Waals surface area contributed by atoms with Crippen LogP contribution >= 0.6 is 0 Å². The molecule has 1 N–H and O–H groups in total. The average Bonchev–Trinajstić information content (AvgIpc) is 2.34. The standard InChI is InChI=1S/C15H24N2O/c1-12-7-9-14(10-8-12)13(2)16-11-5-6-15(18)17(3)4/h7-10,13,16H,5-6,11H2,1-4H3. The predicted octanol–water partition coefficient (Wildman–Crippen LogP) is 2.51. The van der Waals surface area contributed by atoms with E-state index in [1.807, 2.05) is 0 Å². The van der Waals surface area contributed by atoms with Gasteiger partial charge < -0.3 is 10.2 Å². The summed E-state index contributed by atoms with van der Waals surface area (Å²) in [5.74, 6) is 0.194. The van der Waals surface area contributed by atoms with Crippen molar-refractivity contribution < 1.29 is 4.79 Å². The first-order valence-electron chi connectivity index (χ1n) is 6.51. The van der Waals surface area contributed by atoms with E-state index in [4.69, 9.17) is 0 Å². The van der Waals surface area contributed by atoms with Crippen LogP contribution < -0.4 is 5.32 Å². The second-order valence-electron chi connectivity index (χ2n) is 4.98. The van der Waals surface area contributed by atoms with Crippen molar-refractivity contribution in [2.45, 2.75) is 32.7 Å². The summed E-state index contributed by atoms with van der Waals surface area (Å²) < 4.78 is 0. The number of aryl methyl sites for hydroxylation is 1. The van der Waals surface area contributed by atoms with Gasteiger partial charge in [-0.2, -0.15) is 0 Å². The third kappa shape index (κ3) is 4.88. The normalized spacial score (nSPS) is 12.2. The Morgan fingerprint density at radius 1 is 1.28 bits per heavy atom. The topological polar surface area (TPSA) is 32.3 Å². The predicted molar refractivity (Wildman–Crippen MR) is 75.5 cm³/mol. The molecule has 0 aliphatic rings. The smallest absolute Gasteiger partial charge is 0.222 e. The Labute approximate surface area is 110 Å². The second kappa shape index (κ2) is 7.17. The number of carbonyl (C=O) groups is 1. The van der Waals surface area contributed by atoms with Gasteiger partial charge in [0, 0.05) is 26.6 Å². The molecule has 0 fully saturated rings. The highest BCUT2D eigenvalue weighted by atomic mass is 16.2. The molecule has 0 radical (unpaired) electrons. The van der Waals surface area contributed by atoms with Crippen LogP contribution in [0.15, 0.2) is 24.3 Å². The van der Waals surface area contributed by atoms with Gasteiger partial charge in [0.1, 0.15) is 0 Å². The SMILES string of the molecule is Cc1ccc(C(C)NCCCC(=O)N(C)C)cc1. The molecule has 1 atom stereocenters. The average molecular weight is 248 g/mol. The van der Waals surface area contributed by atoms with Gasteiger partial charge in [-0.05, 0) is 32.4 Å². The lowest BCUT2D eigenvalue weighted by Gasteiger charge is -2.15. The summed E-state index contributed by atoms with van der Waals surface area (Å²) in [6.07, 6.45) is 1.49. The molecule has 0 saturated heterocycles. The van der Waals surface area contributed by atoms with Crippen molar-refractivity contribution in [3.8, 4) is 0 Å². The number of nitrogens with one attached hydrogen (secondary N) is 1. The Bertz CT molecular complexity index is 371. The molecule has 1 amide bonds. The van der Waals surface area contributed by atoms with Crippen LogP contribution in [-0.4, -0.2) is 31.4 Å². The molecule has 0 saturated carbocycles. The van der Waals surface area contributed by atoms with Crippen molar-refractivity contribution >= 4 is 5.91 Å². The molecule has 18 heavy (non-hydrogen) atoms. The van der Waals surface area contributed by atoms with Crippen LogP contribution in [0.1, 0.15) is 36.9 Å². The lowest BCUT2D eigenvalue weighted by molar-refractivity contribution is -0.128. The van der Waals surface area contributed by atoms with Gasteiger partial charge in [-0.3, -0.25) is 4.79 Å². The molecule has 0 bridgehead atoms. The van der Waals surface area contributed by atoms with Crippen LogP contribution in [0, 0.1) is 6.92 Å². The quantitative estimate of drug-likeness (QED) is 0.785. The van der Waals surface area contributed by atoms with Crippen LogP contribution in [0.3, 0.4) is 0 Å². The fourth-order valence-corrected chi connectivity index (χ4v) is 1.75. The van der Waals surface area contributed by atoms with E-state index < -0.39 is 0 Å². The van der Waals surface area contributed by atoms with Gasteiger partial charge >= 0.3 is 0 Å². The zero-order chi connectivity index (χ0) is 13.5. The summed E-state index contributed by atoms with van der Waals surface area (Å²) in [5.41, 5.74) is 2.57. The van der Waals surface area contributed by atoms with Crippen LogP contribution in [0.5, 0.6) is 0 Å². The molecular weight excluding hydrogens is 224 g/mol. The van der Waals surface area contributed by atoms with Gasteiger partial charge in [0.05, 0.1) is 0 Å². The van der Waals surface area contributed by atoms with Gasteiger partial charge in [-0.15, -0.1) is 0 Å². The molecule has 0 aliphatic heterocycles. The molecule has 1 aromatic carbocycles. The van der Waals surface area contributed by atoms with E-state index in [9.17, 15) is 4.79 Å². The van der Waals surface area contributed by atoms with Crippen LogP contribution in [-0.2, 0) is 4.79 Å². The minimum absolute atomic E-state index is 0.194. The number of nitrogens with zero attached hydrogens (tertiary/aromatic N) is 1. The van der Waals surface area contributed by atoms with Crippen molar-refractivity contribution in [3.05, 3.63) is 35.4 Å². The first kappa shape index (κ1) is 14.7. The van der Waals surface area contributed by atoms with E-state index >= 15 is 0 Å². The Morgan fingerprint density at radius 3 is 2.44 bits per heavy atom. The van der Waals surface area contributed by atoms with Crippen LogP contribution in [0.2, 0.25) is 0 Å². The largest absolute Gasteiger partial charge is 0.349 e. The molecule has 1 unspecified atom stereocenters. The first-order valence-corrected chi connectivity index (χ1v) is 6.51.